The second-order valence-corrected chi connectivity index (χ2v) is 3.58. The van der Waals surface area contributed by atoms with Crippen LogP contribution in [-0.2, 0) is 4.79 Å². The van der Waals surface area contributed by atoms with Gasteiger partial charge in [0.2, 0.25) is 12.3 Å². The molecule has 1 aliphatic rings. The number of hydrogen-bond donors (Lipinski definition) is 0. The Balaban J connectivity index is 2.26. The third-order valence-corrected chi connectivity index (χ3v) is 2.57. The number of likely N-dealkylation sites (tertiary alicyclic amines) is 1. The van der Waals surface area contributed by atoms with Gasteiger partial charge in [-0.25, -0.2) is 8.78 Å². The Labute approximate surface area is 76.9 Å². The molecule has 0 aromatic carbocycles. The van der Waals surface area contributed by atoms with E-state index in [1.807, 2.05) is 0 Å². The zero-order chi connectivity index (χ0) is 9.84. The standard InChI is InChI=1S/C9H15F2NO/c1-7(13)12-4-2-8(3-5-12)6-9(10)11/h8-9H,2-6H2,1H3. The zero-order valence-corrected chi connectivity index (χ0v) is 7.80. The summed E-state index contributed by atoms with van der Waals surface area (Å²) < 4.78 is 24.0. The molecule has 13 heavy (non-hydrogen) atoms. The summed E-state index contributed by atoms with van der Waals surface area (Å²) in [5.41, 5.74) is 0. The number of amides is 1. The molecule has 1 rings (SSSR count). The Kier molecular flexibility index (Phi) is 3.63. The molecule has 4 heteroatoms. The lowest BCUT2D eigenvalue weighted by Gasteiger charge is -2.31. The lowest BCUT2D eigenvalue weighted by molar-refractivity contribution is -0.130. The average Bonchev–Trinajstić information content (AvgIpc) is 2.04. The summed E-state index contributed by atoms with van der Waals surface area (Å²) in [4.78, 5) is 12.6. The molecule has 1 heterocycles. The molecule has 1 aliphatic heterocycles. The van der Waals surface area contributed by atoms with Gasteiger partial charge in [0.25, 0.3) is 0 Å². The smallest absolute Gasteiger partial charge is 0.238 e. The Morgan fingerprint density at radius 3 is 2.38 bits per heavy atom. The van der Waals surface area contributed by atoms with Gasteiger partial charge in [0.05, 0.1) is 0 Å². The van der Waals surface area contributed by atoms with E-state index in [4.69, 9.17) is 0 Å². The first kappa shape index (κ1) is 10.4. The van der Waals surface area contributed by atoms with Gasteiger partial charge in [-0.05, 0) is 18.8 Å². The number of rotatable bonds is 2. The van der Waals surface area contributed by atoms with Gasteiger partial charge < -0.3 is 4.90 Å². The molecule has 76 valence electrons. The first-order valence-electron chi connectivity index (χ1n) is 4.63. The molecule has 0 saturated carbocycles. The van der Waals surface area contributed by atoms with Gasteiger partial charge in [-0.3, -0.25) is 4.79 Å². The first-order valence-corrected chi connectivity index (χ1v) is 4.63. The van der Waals surface area contributed by atoms with Crippen molar-refractivity contribution in [1.29, 1.82) is 0 Å². The van der Waals surface area contributed by atoms with Crippen LogP contribution in [0.4, 0.5) is 8.78 Å². The second-order valence-electron chi connectivity index (χ2n) is 3.58. The summed E-state index contributed by atoms with van der Waals surface area (Å²) in [6.45, 7) is 2.81. The molecule has 0 aromatic heterocycles. The van der Waals surface area contributed by atoms with Gasteiger partial charge in [-0.15, -0.1) is 0 Å². The predicted octanol–water partition coefficient (Wildman–Crippen LogP) is 1.90. The average molecular weight is 191 g/mol. The van der Waals surface area contributed by atoms with Gasteiger partial charge >= 0.3 is 0 Å². The maximum Gasteiger partial charge on any atom is 0.238 e. The van der Waals surface area contributed by atoms with E-state index in [1.165, 1.54) is 6.92 Å². The highest BCUT2D eigenvalue weighted by Gasteiger charge is 2.22. The first-order chi connectivity index (χ1) is 6.09. The fourth-order valence-corrected chi connectivity index (χ4v) is 1.74. The molecular formula is C9H15F2NO. The largest absolute Gasteiger partial charge is 0.343 e. The fraction of sp³-hybridized carbons (Fsp3) is 0.889. The molecule has 0 aromatic rings. The Bertz CT molecular complexity index is 176. The number of nitrogens with zero attached hydrogens (tertiary/aromatic N) is 1. The molecule has 0 radical (unpaired) electrons. The molecule has 0 N–H and O–H groups in total. The van der Waals surface area contributed by atoms with Gasteiger partial charge in [-0.1, -0.05) is 0 Å². The minimum absolute atomic E-state index is 0.00819. The van der Waals surface area contributed by atoms with E-state index in [0.29, 0.717) is 13.1 Å². The van der Waals surface area contributed by atoms with E-state index in [-0.39, 0.29) is 18.2 Å². The lowest BCUT2D eigenvalue weighted by Crippen LogP contribution is -2.37. The molecule has 2 nitrogen and oxygen atoms in total. The summed E-state index contributed by atoms with van der Waals surface area (Å²) in [6.07, 6.45) is -0.756. The number of carbonyl (C=O) groups excluding carboxylic acids is 1. The van der Waals surface area contributed by atoms with Crippen molar-refractivity contribution in [2.75, 3.05) is 13.1 Å². The molecule has 1 saturated heterocycles. The molecule has 1 fully saturated rings. The summed E-state index contributed by atoms with van der Waals surface area (Å²) in [5.74, 6) is 0.158. The normalized spacial score (nSPS) is 19.5. The van der Waals surface area contributed by atoms with Crippen molar-refractivity contribution in [1.82, 2.24) is 4.90 Å². The highest BCUT2D eigenvalue weighted by molar-refractivity contribution is 5.73. The summed E-state index contributed by atoms with van der Waals surface area (Å²) in [7, 11) is 0. The Hall–Kier alpha value is -0.670. The van der Waals surface area contributed by atoms with Crippen LogP contribution in [0.15, 0.2) is 0 Å². The second kappa shape index (κ2) is 4.53. The summed E-state index contributed by atoms with van der Waals surface area (Å²) in [6, 6.07) is 0. The van der Waals surface area contributed by atoms with Gasteiger partial charge in [0.1, 0.15) is 0 Å². The van der Waals surface area contributed by atoms with E-state index in [1.54, 1.807) is 4.90 Å². The quantitative estimate of drug-likeness (QED) is 0.652. The molecule has 0 aliphatic carbocycles. The molecule has 0 bridgehead atoms. The van der Waals surface area contributed by atoms with E-state index < -0.39 is 6.43 Å². The van der Waals surface area contributed by atoms with Crippen LogP contribution in [0.1, 0.15) is 26.2 Å². The SMILES string of the molecule is CC(=O)N1CCC(CC(F)F)CC1. The highest BCUT2D eigenvalue weighted by Crippen LogP contribution is 2.23. The monoisotopic (exact) mass is 191 g/mol. The van der Waals surface area contributed by atoms with Crippen LogP contribution in [0, 0.1) is 5.92 Å². The van der Waals surface area contributed by atoms with Crippen LogP contribution in [0.25, 0.3) is 0 Å². The highest BCUT2D eigenvalue weighted by atomic mass is 19.3. The van der Waals surface area contributed by atoms with Crippen molar-refractivity contribution in [2.45, 2.75) is 32.6 Å². The summed E-state index contributed by atoms with van der Waals surface area (Å²) >= 11 is 0. The minimum atomic E-state index is -2.20. The number of carbonyl (C=O) groups is 1. The number of piperidine rings is 1. The molecule has 0 spiro atoms. The van der Waals surface area contributed by atoms with Crippen LogP contribution < -0.4 is 0 Å². The van der Waals surface area contributed by atoms with E-state index in [9.17, 15) is 13.6 Å². The van der Waals surface area contributed by atoms with E-state index >= 15 is 0 Å². The van der Waals surface area contributed by atoms with E-state index in [2.05, 4.69) is 0 Å². The van der Waals surface area contributed by atoms with Gasteiger partial charge in [-0.2, -0.15) is 0 Å². The lowest BCUT2D eigenvalue weighted by atomic mass is 9.94. The molecule has 1 amide bonds. The van der Waals surface area contributed by atoms with Crippen molar-refractivity contribution >= 4 is 5.91 Å². The summed E-state index contributed by atoms with van der Waals surface area (Å²) in [5, 5.41) is 0. The van der Waals surface area contributed by atoms with Crippen LogP contribution in [0.5, 0.6) is 0 Å². The van der Waals surface area contributed by atoms with Crippen LogP contribution >= 0.6 is 0 Å². The maximum atomic E-state index is 12.0. The number of halogens is 2. The fourth-order valence-electron chi connectivity index (χ4n) is 1.74. The third-order valence-electron chi connectivity index (χ3n) is 2.57. The Morgan fingerprint density at radius 2 is 2.00 bits per heavy atom. The van der Waals surface area contributed by atoms with Crippen LogP contribution in [0.2, 0.25) is 0 Å². The van der Waals surface area contributed by atoms with Crippen molar-refractivity contribution in [3.05, 3.63) is 0 Å². The number of alkyl halides is 2. The molecular weight excluding hydrogens is 176 g/mol. The number of hydrogen-bond acceptors (Lipinski definition) is 1. The van der Waals surface area contributed by atoms with Crippen molar-refractivity contribution < 1.29 is 13.6 Å². The van der Waals surface area contributed by atoms with Crippen molar-refractivity contribution in [3.8, 4) is 0 Å². The Morgan fingerprint density at radius 1 is 1.46 bits per heavy atom. The van der Waals surface area contributed by atoms with E-state index in [0.717, 1.165) is 12.8 Å². The zero-order valence-electron chi connectivity index (χ0n) is 7.80. The van der Waals surface area contributed by atoms with Crippen molar-refractivity contribution in [2.24, 2.45) is 5.92 Å². The van der Waals surface area contributed by atoms with Crippen LogP contribution in [0.3, 0.4) is 0 Å². The van der Waals surface area contributed by atoms with Crippen LogP contribution in [-0.4, -0.2) is 30.3 Å². The van der Waals surface area contributed by atoms with Gasteiger partial charge in [0.15, 0.2) is 0 Å². The molecule has 0 atom stereocenters. The maximum absolute atomic E-state index is 12.0. The molecule has 0 unspecified atom stereocenters. The predicted molar refractivity (Wildman–Crippen MR) is 45.6 cm³/mol. The van der Waals surface area contributed by atoms with Gasteiger partial charge in [0, 0.05) is 26.4 Å². The third kappa shape index (κ3) is 3.28. The minimum Gasteiger partial charge on any atom is -0.343 e. The van der Waals surface area contributed by atoms with Crippen molar-refractivity contribution in [3.63, 3.8) is 0 Å². The topological polar surface area (TPSA) is 20.3 Å².